The molecule has 1 aromatic carbocycles. The number of nitrogens with zero attached hydrogens (tertiary/aromatic N) is 1. The summed E-state index contributed by atoms with van der Waals surface area (Å²) in [5.41, 5.74) is -2.06. The van der Waals surface area contributed by atoms with Crippen molar-refractivity contribution in [3.8, 4) is 6.07 Å². The van der Waals surface area contributed by atoms with E-state index in [1.165, 1.54) is 6.07 Å². The number of nitrogens with one attached hydrogen (secondary N) is 2. The van der Waals surface area contributed by atoms with Crippen molar-refractivity contribution in [1.29, 1.82) is 5.26 Å². The van der Waals surface area contributed by atoms with Crippen molar-refractivity contribution in [2.75, 3.05) is 19.6 Å². The second-order valence-corrected chi connectivity index (χ2v) is 7.97. The number of nitriles is 1. The van der Waals surface area contributed by atoms with Crippen molar-refractivity contribution in [3.63, 3.8) is 0 Å². The Morgan fingerprint density at radius 2 is 1.92 bits per heavy atom. The van der Waals surface area contributed by atoms with E-state index in [1.807, 2.05) is 6.92 Å². The van der Waals surface area contributed by atoms with Crippen LogP contribution in [0.1, 0.15) is 30.9 Å². The molecule has 1 aliphatic rings. The summed E-state index contributed by atoms with van der Waals surface area (Å²) in [6, 6.07) is 3.66. The molecule has 0 bridgehead atoms. The highest BCUT2D eigenvalue weighted by atomic mass is 35.5. The van der Waals surface area contributed by atoms with Gasteiger partial charge in [0.1, 0.15) is 0 Å². The van der Waals surface area contributed by atoms with E-state index in [0.717, 1.165) is 38.1 Å². The molecule has 0 aromatic heterocycles. The molecule has 0 aliphatic carbocycles. The summed E-state index contributed by atoms with van der Waals surface area (Å²) in [6.45, 7) is 3.73. The molecule has 10 heteroatoms. The highest BCUT2D eigenvalue weighted by Gasteiger charge is 2.35. The second kappa shape index (κ2) is 7.91. The van der Waals surface area contributed by atoms with Crippen molar-refractivity contribution in [3.05, 3.63) is 29.3 Å². The van der Waals surface area contributed by atoms with Gasteiger partial charge in [-0.2, -0.15) is 18.4 Å². The fraction of sp³-hybridized carbons (Fsp3) is 0.533. The van der Waals surface area contributed by atoms with Gasteiger partial charge in [-0.15, -0.1) is 12.4 Å². The van der Waals surface area contributed by atoms with Crippen LogP contribution in [-0.2, 0) is 16.2 Å². The first-order chi connectivity index (χ1) is 11.1. The molecule has 1 fully saturated rings. The molecule has 0 amide bonds. The number of sulfonamides is 1. The first-order valence-electron chi connectivity index (χ1n) is 7.39. The first kappa shape index (κ1) is 21.7. The Morgan fingerprint density at radius 3 is 2.44 bits per heavy atom. The van der Waals surface area contributed by atoms with Crippen molar-refractivity contribution in [2.24, 2.45) is 5.41 Å². The van der Waals surface area contributed by atoms with Gasteiger partial charge in [0.2, 0.25) is 10.0 Å². The third kappa shape index (κ3) is 5.31. The largest absolute Gasteiger partial charge is 0.417 e. The number of halogens is 4. The molecule has 1 heterocycles. The minimum absolute atomic E-state index is 0. The van der Waals surface area contributed by atoms with Gasteiger partial charge in [0, 0.05) is 6.54 Å². The maximum absolute atomic E-state index is 12.8. The maximum atomic E-state index is 12.8. The van der Waals surface area contributed by atoms with Gasteiger partial charge >= 0.3 is 6.18 Å². The average Bonchev–Trinajstić information content (AvgIpc) is 2.52. The number of hydrogen-bond acceptors (Lipinski definition) is 4. The van der Waals surface area contributed by atoms with Crippen LogP contribution in [0.25, 0.3) is 0 Å². The van der Waals surface area contributed by atoms with E-state index in [2.05, 4.69) is 10.0 Å². The molecule has 1 saturated heterocycles. The molecular weight excluding hydrogens is 379 g/mol. The zero-order valence-corrected chi connectivity index (χ0v) is 15.1. The molecule has 0 spiro atoms. The van der Waals surface area contributed by atoms with Crippen molar-refractivity contribution in [1.82, 2.24) is 10.0 Å². The van der Waals surface area contributed by atoms with Crippen LogP contribution in [0.2, 0.25) is 0 Å². The van der Waals surface area contributed by atoms with Gasteiger partial charge in [-0.05, 0) is 49.5 Å². The molecule has 0 radical (unpaired) electrons. The highest BCUT2D eigenvalue weighted by molar-refractivity contribution is 7.89. The zero-order chi connectivity index (χ0) is 18.0. The molecule has 140 valence electrons. The van der Waals surface area contributed by atoms with Gasteiger partial charge in [0.15, 0.2) is 0 Å². The van der Waals surface area contributed by atoms with E-state index in [1.54, 1.807) is 0 Å². The average molecular weight is 398 g/mol. The van der Waals surface area contributed by atoms with E-state index < -0.39 is 27.3 Å². The molecule has 0 unspecified atom stereocenters. The van der Waals surface area contributed by atoms with Gasteiger partial charge in [-0.3, -0.25) is 0 Å². The lowest BCUT2D eigenvalue weighted by molar-refractivity contribution is -0.137. The SMILES string of the molecule is CC1(CNS(=O)(=O)c2ccc(C(F)(F)F)c(C#N)c2)CCNCC1.Cl. The molecule has 0 atom stereocenters. The smallest absolute Gasteiger partial charge is 0.317 e. The van der Waals surface area contributed by atoms with Crippen LogP contribution in [0.15, 0.2) is 23.1 Å². The zero-order valence-electron chi connectivity index (χ0n) is 13.5. The third-order valence-electron chi connectivity index (χ3n) is 4.23. The minimum atomic E-state index is -4.71. The first-order valence-corrected chi connectivity index (χ1v) is 8.87. The standard InChI is InChI=1S/C15H18F3N3O2S.ClH/c1-14(4-6-20-7-5-14)10-21-24(22,23)12-2-3-13(15(16,17)18)11(8-12)9-19;/h2-3,8,20-21H,4-7,10H2,1H3;1H. The van der Waals surface area contributed by atoms with Crippen LogP contribution in [0.4, 0.5) is 13.2 Å². The predicted molar refractivity (Wildman–Crippen MR) is 88.8 cm³/mol. The lowest BCUT2D eigenvalue weighted by Gasteiger charge is -2.34. The van der Waals surface area contributed by atoms with Crippen molar-refractivity contribution in [2.45, 2.75) is 30.8 Å². The molecule has 25 heavy (non-hydrogen) atoms. The Balaban J connectivity index is 0.00000312. The normalized spacial score (nSPS) is 17.4. The van der Waals surface area contributed by atoms with Gasteiger partial charge < -0.3 is 5.32 Å². The Morgan fingerprint density at radius 1 is 1.32 bits per heavy atom. The molecule has 1 aromatic rings. The van der Waals surface area contributed by atoms with Crippen LogP contribution < -0.4 is 10.0 Å². The van der Waals surface area contributed by atoms with E-state index in [9.17, 15) is 21.6 Å². The number of rotatable bonds is 4. The summed E-state index contributed by atoms with van der Waals surface area (Å²) in [5, 5.41) is 12.1. The van der Waals surface area contributed by atoms with Crippen LogP contribution in [0.5, 0.6) is 0 Å². The predicted octanol–water partition coefficient (Wildman–Crippen LogP) is 2.67. The monoisotopic (exact) mass is 397 g/mol. The maximum Gasteiger partial charge on any atom is 0.417 e. The molecule has 0 saturated carbocycles. The van der Waals surface area contributed by atoms with E-state index in [-0.39, 0.29) is 29.3 Å². The minimum Gasteiger partial charge on any atom is -0.317 e. The van der Waals surface area contributed by atoms with Crippen LogP contribution in [-0.4, -0.2) is 28.1 Å². The summed E-state index contributed by atoms with van der Waals surface area (Å²) in [6.07, 6.45) is -3.11. The lowest BCUT2D eigenvalue weighted by Crippen LogP contribution is -2.42. The van der Waals surface area contributed by atoms with E-state index >= 15 is 0 Å². The molecule has 5 nitrogen and oxygen atoms in total. The number of benzene rings is 1. The fourth-order valence-electron chi connectivity index (χ4n) is 2.59. The lowest BCUT2D eigenvalue weighted by atomic mass is 9.81. The third-order valence-corrected chi connectivity index (χ3v) is 5.63. The van der Waals surface area contributed by atoms with E-state index in [4.69, 9.17) is 5.26 Å². The number of piperidine rings is 1. The Bertz CT molecular complexity index is 754. The van der Waals surface area contributed by atoms with Crippen molar-refractivity contribution < 1.29 is 21.6 Å². The van der Waals surface area contributed by atoms with Gasteiger partial charge in [-0.25, -0.2) is 13.1 Å². The second-order valence-electron chi connectivity index (χ2n) is 6.20. The summed E-state index contributed by atoms with van der Waals surface area (Å²) >= 11 is 0. The topological polar surface area (TPSA) is 82.0 Å². The summed E-state index contributed by atoms with van der Waals surface area (Å²) in [4.78, 5) is -0.343. The molecule has 2 rings (SSSR count). The molecule has 1 aliphatic heterocycles. The summed E-state index contributed by atoms with van der Waals surface area (Å²) in [7, 11) is -3.98. The van der Waals surface area contributed by atoms with Gasteiger partial charge in [0.05, 0.1) is 22.1 Å². The van der Waals surface area contributed by atoms with Gasteiger partial charge in [-0.1, -0.05) is 6.92 Å². The van der Waals surface area contributed by atoms with E-state index in [0.29, 0.717) is 6.07 Å². The fourth-order valence-corrected chi connectivity index (χ4v) is 3.82. The Hall–Kier alpha value is -1.34. The summed E-state index contributed by atoms with van der Waals surface area (Å²) < 4.78 is 65.5. The summed E-state index contributed by atoms with van der Waals surface area (Å²) in [5.74, 6) is 0. The number of hydrogen-bond donors (Lipinski definition) is 2. The molecular formula is C15H19ClF3N3O2S. The van der Waals surface area contributed by atoms with Crippen molar-refractivity contribution >= 4 is 22.4 Å². The van der Waals surface area contributed by atoms with Crippen LogP contribution in [0, 0.1) is 16.7 Å². The highest BCUT2D eigenvalue weighted by Crippen LogP contribution is 2.33. The Labute approximate surface area is 151 Å². The van der Waals surface area contributed by atoms with Crippen LogP contribution >= 0.6 is 12.4 Å². The molecule has 2 N–H and O–H groups in total. The quantitative estimate of drug-likeness (QED) is 0.818. The number of alkyl halides is 3. The Kier molecular flexibility index (Phi) is 6.87. The van der Waals surface area contributed by atoms with Crippen LogP contribution in [0.3, 0.4) is 0 Å². The van der Waals surface area contributed by atoms with Gasteiger partial charge in [0.25, 0.3) is 0 Å².